The highest BCUT2D eigenvalue weighted by molar-refractivity contribution is 5.25. The Kier molecular flexibility index (Phi) is 4.66. The summed E-state index contributed by atoms with van der Waals surface area (Å²) in [4.78, 5) is 4.51. The molecule has 3 N–H and O–H groups in total. The maximum atomic E-state index is 5.65. The molecule has 96 valence electrons. The van der Waals surface area contributed by atoms with Crippen LogP contribution < -0.4 is 11.3 Å². The van der Waals surface area contributed by atoms with E-state index < -0.39 is 0 Å². The summed E-state index contributed by atoms with van der Waals surface area (Å²) in [5, 5.41) is 0. The Bertz CT molecular complexity index is 366. The average Bonchev–Trinajstić information content (AvgIpc) is 2.19. The van der Waals surface area contributed by atoms with Crippen LogP contribution in [0.4, 0.5) is 0 Å². The summed E-state index contributed by atoms with van der Waals surface area (Å²) < 4.78 is 0. The molecule has 0 aliphatic carbocycles. The van der Waals surface area contributed by atoms with Crippen molar-refractivity contribution in [2.45, 2.75) is 53.5 Å². The van der Waals surface area contributed by atoms with Gasteiger partial charge in [-0.25, -0.2) is 0 Å². The van der Waals surface area contributed by atoms with Crippen molar-refractivity contribution in [3.63, 3.8) is 0 Å². The first-order valence-corrected chi connectivity index (χ1v) is 6.23. The Labute approximate surface area is 105 Å². The maximum absolute atomic E-state index is 5.65. The van der Waals surface area contributed by atoms with E-state index in [4.69, 9.17) is 5.84 Å². The summed E-state index contributed by atoms with van der Waals surface area (Å²) in [5.74, 6) is 5.65. The van der Waals surface area contributed by atoms with Gasteiger partial charge in [0, 0.05) is 6.20 Å². The van der Waals surface area contributed by atoms with Crippen LogP contribution >= 0.6 is 0 Å². The van der Waals surface area contributed by atoms with Crippen LogP contribution in [0, 0.1) is 19.3 Å². The van der Waals surface area contributed by atoms with Gasteiger partial charge in [0.25, 0.3) is 0 Å². The van der Waals surface area contributed by atoms with Crippen LogP contribution in [-0.4, -0.2) is 4.98 Å². The molecule has 17 heavy (non-hydrogen) atoms. The molecule has 1 aromatic heterocycles. The lowest BCUT2D eigenvalue weighted by molar-refractivity contribution is 0.331. The number of pyridine rings is 1. The second-order valence-electron chi connectivity index (χ2n) is 6.03. The number of rotatable bonds is 4. The van der Waals surface area contributed by atoms with E-state index in [1.54, 1.807) is 0 Å². The lowest BCUT2D eigenvalue weighted by atomic mass is 9.87. The minimum atomic E-state index is 0.148. The van der Waals surface area contributed by atoms with E-state index >= 15 is 0 Å². The summed E-state index contributed by atoms with van der Waals surface area (Å²) in [6.07, 6.45) is 4.04. The van der Waals surface area contributed by atoms with Crippen LogP contribution in [0.25, 0.3) is 0 Å². The van der Waals surface area contributed by atoms with Crippen molar-refractivity contribution < 1.29 is 0 Å². The molecule has 0 saturated heterocycles. The molecule has 0 aromatic carbocycles. The van der Waals surface area contributed by atoms with Crippen molar-refractivity contribution >= 4 is 0 Å². The molecular weight excluding hydrogens is 210 g/mol. The van der Waals surface area contributed by atoms with Gasteiger partial charge in [-0.05, 0) is 43.2 Å². The molecule has 1 aromatic rings. The first-order chi connectivity index (χ1) is 7.83. The molecule has 0 saturated carbocycles. The van der Waals surface area contributed by atoms with Gasteiger partial charge in [-0.3, -0.25) is 16.3 Å². The fourth-order valence-electron chi connectivity index (χ4n) is 1.97. The zero-order valence-electron chi connectivity index (χ0n) is 11.7. The van der Waals surface area contributed by atoms with Crippen LogP contribution in [0.5, 0.6) is 0 Å². The van der Waals surface area contributed by atoms with Crippen LogP contribution in [0.15, 0.2) is 12.3 Å². The molecule has 0 radical (unpaired) electrons. The standard InChI is InChI=1S/C14H25N3/c1-10-8-11(2)13(16-9-10)12(17-15)6-7-14(3,4)5/h8-9,12,17H,6-7,15H2,1-5H3. The van der Waals surface area contributed by atoms with E-state index in [1.165, 1.54) is 11.1 Å². The largest absolute Gasteiger partial charge is 0.271 e. The van der Waals surface area contributed by atoms with Gasteiger partial charge in [0.1, 0.15) is 0 Å². The maximum Gasteiger partial charge on any atom is 0.0635 e. The molecule has 1 unspecified atom stereocenters. The highest BCUT2D eigenvalue weighted by Crippen LogP contribution is 2.27. The zero-order valence-corrected chi connectivity index (χ0v) is 11.7. The molecule has 0 aliphatic rings. The fourth-order valence-corrected chi connectivity index (χ4v) is 1.97. The van der Waals surface area contributed by atoms with Crippen molar-refractivity contribution in [3.05, 3.63) is 29.1 Å². The summed E-state index contributed by atoms with van der Waals surface area (Å²) in [6, 6.07) is 2.30. The Morgan fingerprint density at radius 1 is 1.35 bits per heavy atom. The Hall–Kier alpha value is -0.930. The molecule has 1 atom stereocenters. The predicted octanol–water partition coefficient (Wildman–Crippen LogP) is 3.03. The second kappa shape index (κ2) is 5.61. The quantitative estimate of drug-likeness (QED) is 0.623. The molecule has 0 aliphatic heterocycles. The lowest BCUT2D eigenvalue weighted by Gasteiger charge is -2.23. The summed E-state index contributed by atoms with van der Waals surface area (Å²) >= 11 is 0. The summed E-state index contributed by atoms with van der Waals surface area (Å²) in [7, 11) is 0. The third-order valence-corrected chi connectivity index (χ3v) is 2.97. The highest BCUT2D eigenvalue weighted by Gasteiger charge is 2.18. The SMILES string of the molecule is Cc1cnc(C(CCC(C)(C)C)NN)c(C)c1. The van der Waals surface area contributed by atoms with Gasteiger partial charge in [-0.1, -0.05) is 26.8 Å². The molecular formula is C14H25N3. The number of aryl methyl sites for hydroxylation is 2. The summed E-state index contributed by atoms with van der Waals surface area (Å²) in [5.41, 5.74) is 6.69. The molecule has 1 heterocycles. The number of hydrogen-bond donors (Lipinski definition) is 2. The fraction of sp³-hybridized carbons (Fsp3) is 0.643. The molecule has 3 heteroatoms. The number of hydrazine groups is 1. The molecule has 3 nitrogen and oxygen atoms in total. The lowest BCUT2D eigenvalue weighted by Crippen LogP contribution is -2.30. The van der Waals surface area contributed by atoms with Gasteiger partial charge < -0.3 is 0 Å². The minimum absolute atomic E-state index is 0.148. The predicted molar refractivity (Wildman–Crippen MR) is 72.5 cm³/mol. The van der Waals surface area contributed by atoms with Crippen molar-refractivity contribution in [2.75, 3.05) is 0 Å². The Morgan fingerprint density at radius 3 is 2.47 bits per heavy atom. The normalized spacial score (nSPS) is 13.8. The van der Waals surface area contributed by atoms with E-state index in [0.717, 1.165) is 18.5 Å². The van der Waals surface area contributed by atoms with Crippen molar-refractivity contribution in [1.29, 1.82) is 0 Å². The van der Waals surface area contributed by atoms with Gasteiger partial charge in [0.05, 0.1) is 11.7 Å². The van der Waals surface area contributed by atoms with Crippen LogP contribution in [0.3, 0.4) is 0 Å². The number of aromatic nitrogens is 1. The molecule has 1 rings (SSSR count). The third-order valence-electron chi connectivity index (χ3n) is 2.97. The van der Waals surface area contributed by atoms with Gasteiger partial charge in [0.2, 0.25) is 0 Å². The average molecular weight is 235 g/mol. The summed E-state index contributed by atoms with van der Waals surface area (Å²) in [6.45, 7) is 10.9. The van der Waals surface area contributed by atoms with Crippen molar-refractivity contribution in [3.8, 4) is 0 Å². The van der Waals surface area contributed by atoms with Crippen molar-refractivity contribution in [1.82, 2.24) is 10.4 Å². The van der Waals surface area contributed by atoms with Crippen LogP contribution in [0.2, 0.25) is 0 Å². The molecule has 0 amide bonds. The van der Waals surface area contributed by atoms with Gasteiger partial charge >= 0.3 is 0 Å². The number of nitrogens with one attached hydrogen (secondary N) is 1. The monoisotopic (exact) mass is 235 g/mol. The van der Waals surface area contributed by atoms with E-state index in [-0.39, 0.29) is 6.04 Å². The molecule has 0 spiro atoms. The first-order valence-electron chi connectivity index (χ1n) is 6.23. The van der Waals surface area contributed by atoms with Gasteiger partial charge in [0.15, 0.2) is 0 Å². The first kappa shape index (κ1) is 14.1. The number of nitrogens with two attached hydrogens (primary N) is 1. The highest BCUT2D eigenvalue weighted by atomic mass is 15.2. The topological polar surface area (TPSA) is 50.9 Å². The van der Waals surface area contributed by atoms with Crippen molar-refractivity contribution in [2.24, 2.45) is 11.3 Å². The third kappa shape index (κ3) is 4.44. The smallest absolute Gasteiger partial charge is 0.0635 e. The number of nitrogens with zero attached hydrogens (tertiary/aromatic N) is 1. The van der Waals surface area contributed by atoms with E-state index in [9.17, 15) is 0 Å². The van der Waals surface area contributed by atoms with Crippen LogP contribution in [-0.2, 0) is 0 Å². The van der Waals surface area contributed by atoms with E-state index in [1.807, 2.05) is 6.20 Å². The van der Waals surface area contributed by atoms with Gasteiger partial charge in [-0.15, -0.1) is 0 Å². The molecule has 0 fully saturated rings. The Balaban J connectivity index is 2.79. The zero-order chi connectivity index (χ0) is 13.1. The Morgan fingerprint density at radius 2 is 2.00 bits per heavy atom. The van der Waals surface area contributed by atoms with E-state index in [2.05, 4.69) is 51.1 Å². The van der Waals surface area contributed by atoms with E-state index in [0.29, 0.717) is 5.41 Å². The van der Waals surface area contributed by atoms with Crippen LogP contribution in [0.1, 0.15) is 56.5 Å². The minimum Gasteiger partial charge on any atom is -0.271 e. The molecule has 0 bridgehead atoms. The number of hydrogen-bond acceptors (Lipinski definition) is 3. The van der Waals surface area contributed by atoms with Gasteiger partial charge in [-0.2, -0.15) is 0 Å². The second-order valence-corrected chi connectivity index (χ2v) is 6.03.